The van der Waals surface area contributed by atoms with Gasteiger partial charge in [0, 0.05) is 67.4 Å². The van der Waals surface area contributed by atoms with Crippen LogP contribution in [-0.2, 0) is 6.18 Å². The quantitative estimate of drug-likeness (QED) is 0.286. The van der Waals surface area contributed by atoms with Gasteiger partial charge in [0.2, 0.25) is 5.95 Å². The van der Waals surface area contributed by atoms with Crippen LogP contribution >= 0.6 is 0 Å². The molecule has 0 atom stereocenters. The molecule has 8 nitrogen and oxygen atoms in total. The Balaban J connectivity index is 1.35. The molecule has 0 spiro atoms. The number of anilines is 4. The standard InChI is InChI=1S/C30H30F3N7O/c1-3-39-13-15-40(16-14-39)23-8-9-24(25(18-23)30(31,32)33)28(41)36-22-7-6-20(2)27(17-22)38-29-35-12-10-26(37-29)21-5-4-11-34-19-21/h4-12,17-19H,3,13-16H2,1-2H3,(H,36,41)(H,35,37,38). The van der Waals surface area contributed by atoms with E-state index in [1.54, 1.807) is 48.9 Å². The van der Waals surface area contributed by atoms with Gasteiger partial charge in [-0.05, 0) is 67.6 Å². The summed E-state index contributed by atoms with van der Waals surface area (Å²) >= 11 is 0. The molecule has 1 aliphatic rings. The Kier molecular flexibility index (Phi) is 8.16. The van der Waals surface area contributed by atoms with Gasteiger partial charge in [-0.2, -0.15) is 13.2 Å². The van der Waals surface area contributed by atoms with E-state index in [9.17, 15) is 18.0 Å². The molecule has 1 fully saturated rings. The van der Waals surface area contributed by atoms with Gasteiger partial charge in [-0.25, -0.2) is 9.97 Å². The molecular weight excluding hydrogens is 531 g/mol. The van der Waals surface area contributed by atoms with Gasteiger partial charge in [-0.15, -0.1) is 0 Å². The fourth-order valence-corrected chi connectivity index (χ4v) is 4.73. The maximum atomic E-state index is 14.1. The third-order valence-corrected chi connectivity index (χ3v) is 7.09. The largest absolute Gasteiger partial charge is 0.417 e. The lowest BCUT2D eigenvalue weighted by molar-refractivity contribution is -0.137. The van der Waals surface area contributed by atoms with E-state index in [1.165, 1.54) is 6.07 Å². The number of hydrogen-bond donors (Lipinski definition) is 2. The molecule has 2 aromatic carbocycles. The highest BCUT2D eigenvalue weighted by Crippen LogP contribution is 2.35. The Morgan fingerprint density at radius 2 is 1.80 bits per heavy atom. The van der Waals surface area contributed by atoms with E-state index in [1.807, 2.05) is 24.0 Å². The number of benzene rings is 2. The number of alkyl halides is 3. The molecule has 3 heterocycles. The van der Waals surface area contributed by atoms with Crippen LogP contribution in [0.3, 0.4) is 0 Å². The molecule has 2 N–H and O–H groups in total. The van der Waals surface area contributed by atoms with Crippen LogP contribution in [0, 0.1) is 6.92 Å². The molecule has 5 rings (SSSR count). The molecule has 1 amide bonds. The number of hydrogen-bond acceptors (Lipinski definition) is 7. The zero-order valence-corrected chi connectivity index (χ0v) is 22.7. The van der Waals surface area contributed by atoms with Gasteiger partial charge >= 0.3 is 6.18 Å². The van der Waals surface area contributed by atoms with Crippen molar-refractivity contribution in [2.45, 2.75) is 20.0 Å². The first kappa shape index (κ1) is 28.0. The molecule has 11 heteroatoms. The summed E-state index contributed by atoms with van der Waals surface area (Å²) < 4.78 is 42.3. The first-order valence-electron chi connectivity index (χ1n) is 13.3. The van der Waals surface area contributed by atoms with Crippen molar-refractivity contribution in [3.05, 3.63) is 89.9 Å². The second-order valence-corrected chi connectivity index (χ2v) is 9.76. The molecule has 0 unspecified atom stereocenters. The Bertz CT molecular complexity index is 1520. The van der Waals surface area contributed by atoms with E-state index >= 15 is 0 Å². The van der Waals surface area contributed by atoms with Gasteiger partial charge in [0.15, 0.2) is 0 Å². The molecule has 1 aliphatic heterocycles. The van der Waals surface area contributed by atoms with E-state index < -0.39 is 23.2 Å². The maximum absolute atomic E-state index is 14.1. The van der Waals surface area contributed by atoms with E-state index in [-0.39, 0.29) is 0 Å². The second-order valence-electron chi connectivity index (χ2n) is 9.76. The summed E-state index contributed by atoms with van der Waals surface area (Å²) in [4.78, 5) is 30.2. The fourth-order valence-electron chi connectivity index (χ4n) is 4.73. The summed E-state index contributed by atoms with van der Waals surface area (Å²) in [5.41, 5.74) is 2.33. The van der Waals surface area contributed by atoms with E-state index in [0.29, 0.717) is 41.8 Å². The number of piperazine rings is 1. The number of carbonyl (C=O) groups excluding carboxylic acids is 1. The van der Waals surface area contributed by atoms with Gasteiger partial charge in [-0.1, -0.05) is 13.0 Å². The molecular formula is C30H30F3N7O. The highest BCUT2D eigenvalue weighted by Gasteiger charge is 2.36. The lowest BCUT2D eigenvalue weighted by Crippen LogP contribution is -2.46. The van der Waals surface area contributed by atoms with Crippen molar-refractivity contribution in [3.63, 3.8) is 0 Å². The highest BCUT2D eigenvalue weighted by atomic mass is 19.4. The number of nitrogens with zero attached hydrogens (tertiary/aromatic N) is 5. The third kappa shape index (κ3) is 6.63. The minimum Gasteiger partial charge on any atom is -0.369 e. The van der Waals surface area contributed by atoms with Crippen LogP contribution in [0.1, 0.15) is 28.4 Å². The number of amides is 1. The van der Waals surface area contributed by atoms with Crippen LogP contribution in [0.25, 0.3) is 11.3 Å². The number of likely N-dealkylation sites (N-methyl/N-ethyl adjacent to an activating group) is 1. The summed E-state index contributed by atoms with van der Waals surface area (Å²) in [6.07, 6.45) is 0.296. The molecule has 0 radical (unpaired) electrons. The smallest absolute Gasteiger partial charge is 0.369 e. The van der Waals surface area contributed by atoms with Crippen LogP contribution < -0.4 is 15.5 Å². The zero-order chi connectivity index (χ0) is 29.0. The summed E-state index contributed by atoms with van der Waals surface area (Å²) in [5, 5.41) is 5.77. The first-order valence-corrected chi connectivity index (χ1v) is 13.3. The summed E-state index contributed by atoms with van der Waals surface area (Å²) in [6, 6.07) is 14.4. The van der Waals surface area contributed by atoms with Gasteiger partial charge in [0.05, 0.1) is 16.8 Å². The van der Waals surface area contributed by atoms with Crippen LogP contribution in [0.15, 0.2) is 73.2 Å². The average molecular weight is 562 g/mol. The molecule has 41 heavy (non-hydrogen) atoms. The number of nitrogens with one attached hydrogen (secondary N) is 2. The van der Waals surface area contributed by atoms with Crippen molar-refractivity contribution in [3.8, 4) is 11.3 Å². The molecule has 0 saturated carbocycles. The van der Waals surface area contributed by atoms with Crippen LogP contribution in [0.4, 0.5) is 36.2 Å². The number of halogens is 3. The van der Waals surface area contributed by atoms with E-state index in [4.69, 9.17) is 0 Å². The number of rotatable bonds is 7. The van der Waals surface area contributed by atoms with Crippen LogP contribution in [0.5, 0.6) is 0 Å². The SMILES string of the molecule is CCN1CCN(c2ccc(C(=O)Nc3ccc(C)c(Nc4nccc(-c5cccnc5)n4)c3)c(C(F)(F)F)c2)CC1. The summed E-state index contributed by atoms with van der Waals surface area (Å²) in [5.74, 6) is -0.517. The third-order valence-electron chi connectivity index (χ3n) is 7.09. The van der Waals surface area contributed by atoms with Gasteiger partial charge in [0.1, 0.15) is 0 Å². The molecule has 0 aliphatic carbocycles. The van der Waals surface area contributed by atoms with Crippen LogP contribution in [0.2, 0.25) is 0 Å². The van der Waals surface area contributed by atoms with Crippen molar-refractivity contribution in [2.24, 2.45) is 0 Å². The predicted octanol–water partition coefficient (Wildman–Crippen LogP) is 6.00. The van der Waals surface area contributed by atoms with Crippen molar-refractivity contribution < 1.29 is 18.0 Å². The topological polar surface area (TPSA) is 86.3 Å². The number of aryl methyl sites for hydroxylation is 1. The number of carbonyl (C=O) groups is 1. The monoisotopic (exact) mass is 561 g/mol. The summed E-state index contributed by atoms with van der Waals surface area (Å²) in [7, 11) is 0. The lowest BCUT2D eigenvalue weighted by atomic mass is 10.0. The Hall–Kier alpha value is -4.51. The van der Waals surface area contributed by atoms with E-state index in [2.05, 4.69) is 37.4 Å². The van der Waals surface area contributed by atoms with Gasteiger partial charge < -0.3 is 20.4 Å². The maximum Gasteiger partial charge on any atom is 0.417 e. The fraction of sp³-hybridized carbons (Fsp3) is 0.267. The van der Waals surface area contributed by atoms with Crippen LogP contribution in [-0.4, -0.2) is 58.5 Å². The van der Waals surface area contributed by atoms with Gasteiger partial charge in [-0.3, -0.25) is 9.78 Å². The van der Waals surface area contributed by atoms with E-state index in [0.717, 1.165) is 36.8 Å². The van der Waals surface area contributed by atoms with Gasteiger partial charge in [0.25, 0.3) is 5.91 Å². The molecule has 4 aromatic rings. The Labute approximate surface area is 236 Å². The molecule has 1 saturated heterocycles. The number of pyridine rings is 1. The minimum absolute atomic E-state index is 0.327. The van der Waals surface area contributed by atoms with Crippen molar-refractivity contribution >= 4 is 28.9 Å². The second kappa shape index (κ2) is 11.9. The van der Waals surface area contributed by atoms with Crippen molar-refractivity contribution in [1.82, 2.24) is 19.9 Å². The van der Waals surface area contributed by atoms with Crippen molar-refractivity contribution in [2.75, 3.05) is 48.3 Å². The lowest BCUT2D eigenvalue weighted by Gasteiger charge is -2.35. The molecule has 2 aromatic heterocycles. The normalized spacial score (nSPS) is 14.1. The number of aromatic nitrogens is 3. The minimum atomic E-state index is -4.69. The Morgan fingerprint density at radius 3 is 2.51 bits per heavy atom. The zero-order valence-electron chi connectivity index (χ0n) is 22.7. The highest BCUT2D eigenvalue weighted by molar-refractivity contribution is 6.06. The molecule has 0 bridgehead atoms. The van der Waals surface area contributed by atoms with Crippen molar-refractivity contribution in [1.29, 1.82) is 0 Å². The average Bonchev–Trinajstić information content (AvgIpc) is 2.99. The summed E-state index contributed by atoms with van der Waals surface area (Å²) in [6.45, 7) is 7.65. The molecule has 212 valence electrons. The predicted molar refractivity (Wildman–Crippen MR) is 153 cm³/mol. The first-order chi connectivity index (χ1) is 19.7. The Morgan fingerprint density at radius 1 is 1.00 bits per heavy atom.